The van der Waals surface area contributed by atoms with Crippen molar-refractivity contribution in [2.24, 2.45) is 5.92 Å². The molecule has 0 bridgehead atoms. The van der Waals surface area contributed by atoms with E-state index in [2.05, 4.69) is 26.6 Å². The van der Waals surface area contributed by atoms with Crippen molar-refractivity contribution in [2.45, 2.75) is 12.8 Å². The van der Waals surface area contributed by atoms with Crippen LogP contribution in [0.15, 0.2) is 16.6 Å². The molecule has 1 aromatic carbocycles. The Morgan fingerprint density at radius 2 is 2.22 bits per heavy atom. The van der Waals surface area contributed by atoms with Gasteiger partial charge in [0, 0.05) is 12.5 Å². The van der Waals surface area contributed by atoms with E-state index < -0.39 is 11.6 Å². The van der Waals surface area contributed by atoms with E-state index in [0.29, 0.717) is 6.42 Å². The molecule has 0 spiro atoms. The fourth-order valence-electron chi connectivity index (χ4n) is 1.97. The number of nitrogens with one attached hydrogen (secondary N) is 2. The molecule has 2 N–H and O–H groups in total. The Morgan fingerprint density at radius 1 is 1.44 bits per heavy atom. The molecule has 18 heavy (non-hydrogen) atoms. The summed E-state index contributed by atoms with van der Waals surface area (Å²) in [6.07, 6.45) is 1.30. The summed E-state index contributed by atoms with van der Waals surface area (Å²) in [5, 5.41) is 5.63. The molecule has 1 atom stereocenters. The van der Waals surface area contributed by atoms with E-state index >= 15 is 0 Å². The summed E-state index contributed by atoms with van der Waals surface area (Å²) in [5.41, 5.74) is -0.000712. The SMILES string of the molecule is O=C(CC1CCNC1)Nc1cc(Br)c(F)cc1F. The van der Waals surface area contributed by atoms with Gasteiger partial charge in [-0.1, -0.05) is 0 Å². The van der Waals surface area contributed by atoms with Gasteiger partial charge in [-0.3, -0.25) is 4.79 Å². The van der Waals surface area contributed by atoms with Crippen LogP contribution in [0.4, 0.5) is 14.5 Å². The third-order valence-corrected chi connectivity index (χ3v) is 3.53. The zero-order chi connectivity index (χ0) is 13.1. The van der Waals surface area contributed by atoms with Crippen LogP contribution in [0, 0.1) is 17.6 Å². The van der Waals surface area contributed by atoms with Crippen molar-refractivity contribution >= 4 is 27.5 Å². The second-order valence-corrected chi connectivity index (χ2v) is 5.21. The average molecular weight is 319 g/mol. The van der Waals surface area contributed by atoms with Gasteiger partial charge in [0.05, 0.1) is 10.2 Å². The molecule has 1 aromatic rings. The van der Waals surface area contributed by atoms with Crippen LogP contribution in [-0.2, 0) is 4.79 Å². The van der Waals surface area contributed by atoms with E-state index in [0.717, 1.165) is 25.6 Å². The summed E-state index contributed by atoms with van der Waals surface area (Å²) in [5.74, 6) is -1.42. The van der Waals surface area contributed by atoms with Gasteiger partial charge in [0.15, 0.2) is 0 Å². The number of anilines is 1. The molecule has 0 aliphatic carbocycles. The number of amides is 1. The van der Waals surface area contributed by atoms with Crippen LogP contribution >= 0.6 is 15.9 Å². The van der Waals surface area contributed by atoms with Crippen molar-refractivity contribution in [1.29, 1.82) is 0 Å². The number of hydrogen-bond donors (Lipinski definition) is 2. The summed E-state index contributed by atoms with van der Waals surface area (Å²) in [6, 6.07) is 1.98. The maximum absolute atomic E-state index is 13.4. The lowest BCUT2D eigenvalue weighted by Crippen LogP contribution is -2.19. The van der Waals surface area contributed by atoms with Crippen LogP contribution < -0.4 is 10.6 Å². The van der Waals surface area contributed by atoms with Crippen LogP contribution in [0.25, 0.3) is 0 Å². The molecule has 98 valence electrons. The molecule has 1 aliphatic heterocycles. The highest BCUT2D eigenvalue weighted by atomic mass is 79.9. The maximum Gasteiger partial charge on any atom is 0.224 e. The first kappa shape index (κ1) is 13.4. The van der Waals surface area contributed by atoms with Gasteiger partial charge in [0.2, 0.25) is 5.91 Å². The summed E-state index contributed by atoms with van der Waals surface area (Å²) < 4.78 is 26.6. The molecule has 1 saturated heterocycles. The van der Waals surface area contributed by atoms with Gasteiger partial charge in [0.1, 0.15) is 11.6 Å². The topological polar surface area (TPSA) is 41.1 Å². The minimum atomic E-state index is -0.770. The first-order valence-corrected chi connectivity index (χ1v) is 6.50. The van der Waals surface area contributed by atoms with E-state index in [4.69, 9.17) is 0 Å². The second kappa shape index (κ2) is 5.75. The standard InChI is InChI=1S/C12H13BrF2N2O/c13-8-4-11(10(15)5-9(8)14)17-12(18)3-7-1-2-16-6-7/h4-5,7,16H,1-3,6H2,(H,17,18). The minimum Gasteiger partial charge on any atom is -0.324 e. The monoisotopic (exact) mass is 318 g/mol. The summed E-state index contributed by atoms with van der Waals surface area (Å²) in [4.78, 5) is 11.7. The highest BCUT2D eigenvalue weighted by molar-refractivity contribution is 9.10. The lowest BCUT2D eigenvalue weighted by molar-refractivity contribution is -0.117. The smallest absolute Gasteiger partial charge is 0.224 e. The van der Waals surface area contributed by atoms with Crippen molar-refractivity contribution < 1.29 is 13.6 Å². The first-order chi connectivity index (χ1) is 8.56. The number of halogens is 3. The number of benzene rings is 1. The molecule has 1 unspecified atom stereocenters. The molecular weight excluding hydrogens is 306 g/mol. The van der Waals surface area contributed by atoms with Gasteiger partial charge in [-0.15, -0.1) is 0 Å². The molecule has 3 nitrogen and oxygen atoms in total. The third-order valence-electron chi connectivity index (χ3n) is 2.92. The summed E-state index contributed by atoms with van der Waals surface area (Å²) in [7, 11) is 0. The molecule has 0 radical (unpaired) electrons. The Balaban J connectivity index is 2.00. The van der Waals surface area contributed by atoms with E-state index in [9.17, 15) is 13.6 Å². The van der Waals surface area contributed by atoms with Crippen LogP contribution in [0.5, 0.6) is 0 Å². The Morgan fingerprint density at radius 3 is 2.89 bits per heavy atom. The van der Waals surface area contributed by atoms with Crippen molar-refractivity contribution in [3.05, 3.63) is 28.2 Å². The Bertz CT molecular complexity index is 462. The largest absolute Gasteiger partial charge is 0.324 e. The number of carbonyl (C=O) groups excluding carboxylic acids is 1. The first-order valence-electron chi connectivity index (χ1n) is 5.71. The molecule has 0 aromatic heterocycles. The van der Waals surface area contributed by atoms with Gasteiger partial charge in [0.25, 0.3) is 0 Å². The van der Waals surface area contributed by atoms with E-state index in [1.54, 1.807) is 0 Å². The molecule has 1 fully saturated rings. The lowest BCUT2D eigenvalue weighted by Gasteiger charge is -2.10. The van der Waals surface area contributed by atoms with Crippen LogP contribution in [-0.4, -0.2) is 19.0 Å². The van der Waals surface area contributed by atoms with Crippen molar-refractivity contribution in [2.75, 3.05) is 18.4 Å². The van der Waals surface area contributed by atoms with Crippen molar-refractivity contribution in [3.8, 4) is 0 Å². The second-order valence-electron chi connectivity index (χ2n) is 4.36. The van der Waals surface area contributed by atoms with Gasteiger partial charge in [-0.25, -0.2) is 8.78 Å². The molecule has 2 rings (SSSR count). The number of hydrogen-bond acceptors (Lipinski definition) is 2. The Hall–Kier alpha value is -1.01. The highest BCUT2D eigenvalue weighted by Crippen LogP contribution is 2.24. The minimum absolute atomic E-state index is 0.000712. The van der Waals surface area contributed by atoms with E-state index in [1.807, 2.05) is 0 Å². The zero-order valence-corrected chi connectivity index (χ0v) is 11.2. The molecule has 1 heterocycles. The predicted molar refractivity (Wildman–Crippen MR) is 68.3 cm³/mol. The third kappa shape index (κ3) is 3.26. The summed E-state index contributed by atoms with van der Waals surface area (Å²) in [6.45, 7) is 1.72. The van der Waals surface area contributed by atoms with Gasteiger partial charge in [-0.05, 0) is 47.4 Å². The van der Waals surface area contributed by atoms with Gasteiger partial charge < -0.3 is 10.6 Å². The van der Waals surface area contributed by atoms with Crippen LogP contribution in [0.3, 0.4) is 0 Å². The maximum atomic E-state index is 13.4. The van der Waals surface area contributed by atoms with Gasteiger partial charge >= 0.3 is 0 Å². The highest BCUT2D eigenvalue weighted by Gasteiger charge is 2.19. The predicted octanol–water partition coefficient (Wildman–Crippen LogP) is 2.67. The van der Waals surface area contributed by atoms with Crippen LogP contribution in [0.2, 0.25) is 0 Å². The van der Waals surface area contributed by atoms with E-state index in [-0.39, 0.29) is 22.0 Å². The lowest BCUT2D eigenvalue weighted by atomic mass is 10.0. The molecule has 1 amide bonds. The summed E-state index contributed by atoms with van der Waals surface area (Å²) >= 11 is 2.96. The Labute approximate surface area is 112 Å². The molecule has 0 saturated carbocycles. The molecule has 6 heteroatoms. The number of rotatable bonds is 3. The van der Waals surface area contributed by atoms with Crippen molar-refractivity contribution in [3.63, 3.8) is 0 Å². The average Bonchev–Trinajstić information content (AvgIpc) is 2.78. The Kier molecular flexibility index (Phi) is 4.29. The van der Waals surface area contributed by atoms with E-state index in [1.165, 1.54) is 6.07 Å². The van der Waals surface area contributed by atoms with Gasteiger partial charge in [-0.2, -0.15) is 0 Å². The zero-order valence-electron chi connectivity index (χ0n) is 9.60. The quantitative estimate of drug-likeness (QED) is 0.841. The van der Waals surface area contributed by atoms with Crippen molar-refractivity contribution in [1.82, 2.24) is 5.32 Å². The fraction of sp³-hybridized carbons (Fsp3) is 0.417. The van der Waals surface area contributed by atoms with Crippen LogP contribution in [0.1, 0.15) is 12.8 Å². The normalized spacial score (nSPS) is 18.9. The number of carbonyl (C=O) groups is 1. The fourth-order valence-corrected chi connectivity index (χ4v) is 2.31. The molecular formula is C12H13BrF2N2O. The molecule has 1 aliphatic rings.